The molecule has 11 heteroatoms. The molecular weight excluding hydrogens is 447 g/mol. The van der Waals surface area contributed by atoms with E-state index in [0.29, 0.717) is 39.6 Å². The number of benzene rings is 2. The molecule has 0 saturated heterocycles. The summed E-state index contributed by atoms with van der Waals surface area (Å²) in [5, 5.41) is 3.71. The van der Waals surface area contributed by atoms with Crippen LogP contribution < -0.4 is 19.7 Å². The van der Waals surface area contributed by atoms with Crippen molar-refractivity contribution in [2.45, 2.75) is 11.8 Å². The van der Waals surface area contributed by atoms with Gasteiger partial charge in [0, 0.05) is 32.3 Å². The van der Waals surface area contributed by atoms with Crippen LogP contribution in [-0.4, -0.2) is 52.5 Å². The molecule has 0 aliphatic rings. The zero-order valence-corrected chi connectivity index (χ0v) is 19.4. The number of hydrogen-bond donors (Lipinski definition) is 1. The Kier molecular flexibility index (Phi) is 7.50. The Hall–Kier alpha value is -2.85. The molecule has 2 aromatic carbocycles. The normalized spacial score (nSPS) is 11.0. The molecule has 8 nitrogen and oxygen atoms in total. The van der Waals surface area contributed by atoms with Crippen LogP contribution in [0.15, 0.2) is 35.5 Å². The van der Waals surface area contributed by atoms with Crippen LogP contribution in [0.5, 0.6) is 11.5 Å². The number of anilines is 3. The number of fused-ring (bicyclic) bond motifs is 1. The first kappa shape index (κ1) is 24.4. The summed E-state index contributed by atoms with van der Waals surface area (Å²) in [6, 6.07) is 5.90. The van der Waals surface area contributed by atoms with Gasteiger partial charge in [0.05, 0.1) is 42.3 Å². The molecule has 0 atom stereocenters. The quantitative estimate of drug-likeness (QED) is 0.557. The maximum absolute atomic E-state index is 14.6. The van der Waals surface area contributed by atoms with Crippen molar-refractivity contribution < 1.29 is 22.3 Å². The van der Waals surface area contributed by atoms with E-state index >= 15 is 0 Å². The average molecular weight is 471 g/mol. The highest BCUT2D eigenvalue weighted by Gasteiger charge is 2.22. The van der Waals surface area contributed by atoms with E-state index in [1.807, 2.05) is 0 Å². The molecule has 0 aliphatic carbocycles. The number of aromatic nitrogens is 2. The summed E-state index contributed by atoms with van der Waals surface area (Å²) in [5.74, 6) is 0.405. The second kappa shape index (κ2) is 9.52. The second-order valence-corrected chi connectivity index (χ2v) is 8.92. The fourth-order valence-corrected chi connectivity index (χ4v) is 4.00. The summed E-state index contributed by atoms with van der Waals surface area (Å²) in [6.45, 7) is 1.47. The minimum Gasteiger partial charge on any atom is -0.497 e. The molecule has 0 radical (unpaired) electrons. The molecule has 0 unspecified atom stereocenters. The number of rotatable bonds is 7. The molecule has 1 heterocycles. The molecule has 3 aromatic rings. The van der Waals surface area contributed by atoms with Gasteiger partial charge in [-0.3, -0.25) is 0 Å². The first-order valence-corrected chi connectivity index (χ1v) is 10.7. The van der Waals surface area contributed by atoms with Crippen LogP contribution >= 0.6 is 12.4 Å². The Balaban J connectivity index is 0.00000341. The first-order valence-electron chi connectivity index (χ1n) is 9.09. The molecule has 0 aliphatic heterocycles. The van der Waals surface area contributed by atoms with Gasteiger partial charge in [0.25, 0.3) is 0 Å². The van der Waals surface area contributed by atoms with Gasteiger partial charge >= 0.3 is 0 Å². The van der Waals surface area contributed by atoms with Crippen LogP contribution in [-0.2, 0) is 9.84 Å². The van der Waals surface area contributed by atoms with E-state index in [1.54, 1.807) is 38.2 Å². The van der Waals surface area contributed by atoms with E-state index in [4.69, 9.17) is 9.47 Å². The summed E-state index contributed by atoms with van der Waals surface area (Å²) in [7, 11) is 2.76. The molecular formula is C20H24ClFN4O4S. The van der Waals surface area contributed by atoms with Crippen molar-refractivity contribution in [2.24, 2.45) is 0 Å². The molecule has 3 rings (SSSR count). The van der Waals surface area contributed by atoms with E-state index < -0.39 is 15.7 Å². The predicted molar refractivity (Wildman–Crippen MR) is 122 cm³/mol. The highest BCUT2D eigenvalue weighted by molar-refractivity contribution is 7.91. The van der Waals surface area contributed by atoms with Crippen molar-refractivity contribution in [2.75, 3.05) is 44.3 Å². The van der Waals surface area contributed by atoms with Crippen molar-refractivity contribution in [3.8, 4) is 11.5 Å². The standard InChI is InChI=1S/C20H23FN4O4S.ClH/c1-6-30(26,27)18-10-14(16(25(2)3)9-13(18)21)24-20-19-15(22-11-23-20)7-12(28-4)8-17(19)29-5;/h7-11H,6H2,1-5H3,(H,22,23,24);1H. The molecule has 1 aromatic heterocycles. The predicted octanol–water partition coefficient (Wildman–Crippen LogP) is 3.81. The lowest BCUT2D eigenvalue weighted by Crippen LogP contribution is -2.14. The van der Waals surface area contributed by atoms with E-state index in [-0.39, 0.29) is 23.1 Å². The summed E-state index contributed by atoms with van der Waals surface area (Å²) in [6.07, 6.45) is 1.37. The molecule has 0 amide bonds. The maximum atomic E-state index is 14.6. The van der Waals surface area contributed by atoms with Gasteiger partial charge in [-0.1, -0.05) is 6.92 Å². The van der Waals surface area contributed by atoms with Crippen molar-refractivity contribution >= 4 is 50.3 Å². The highest BCUT2D eigenvalue weighted by atomic mass is 35.5. The number of halogens is 2. The summed E-state index contributed by atoms with van der Waals surface area (Å²) in [4.78, 5) is 9.87. The van der Waals surface area contributed by atoms with Crippen LogP contribution in [0.3, 0.4) is 0 Å². The second-order valence-electron chi connectivity index (χ2n) is 6.67. The topological polar surface area (TPSA) is 93.7 Å². The number of ether oxygens (including phenoxy) is 2. The minimum absolute atomic E-state index is 0. The van der Waals surface area contributed by atoms with Gasteiger partial charge < -0.3 is 19.7 Å². The largest absolute Gasteiger partial charge is 0.497 e. The average Bonchev–Trinajstić information content (AvgIpc) is 2.73. The van der Waals surface area contributed by atoms with E-state index in [0.717, 1.165) is 0 Å². The molecule has 0 spiro atoms. The summed E-state index contributed by atoms with van der Waals surface area (Å²) < 4.78 is 50.0. The smallest absolute Gasteiger partial charge is 0.181 e. The Morgan fingerprint density at radius 1 is 1.10 bits per heavy atom. The number of nitrogens with one attached hydrogen (secondary N) is 1. The SMILES string of the molecule is CCS(=O)(=O)c1cc(Nc2ncnc3cc(OC)cc(OC)c23)c(N(C)C)cc1F.Cl. The monoisotopic (exact) mass is 470 g/mol. The van der Waals surface area contributed by atoms with Crippen LogP contribution in [0.25, 0.3) is 10.9 Å². The molecule has 0 bridgehead atoms. The minimum atomic E-state index is -3.76. The van der Waals surface area contributed by atoms with Crippen LogP contribution in [0.4, 0.5) is 21.6 Å². The Morgan fingerprint density at radius 3 is 2.39 bits per heavy atom. The molecule has 168 valence electrons. The Morgan fingerprint density at radius 2 is 1.81 bits per heavy atom. The Labute approximate surface area is 186 Å². The lowest BCUT2D eigenvalue weighted by molar-refractivity contribution is 0.398. The van der Waals surface area contributed by atoms with Crippen molar-refractivity contribution in [1.82, 2.24) is 9.97 Å². The number of methoxy groups -OCH3 is 2. The molecule has 0 saturated carbocycles. The third kappa shape index (κ3) is 4.75. The lowest BCUT2D eigenvalue weighted by atomic mass is 10.2. The zero-order chi connectivity index (χ0) is 22.1. The number of sulfone groups is 1. The van der Waals surface area contributed by atoms with Crippen LogP contribution in [0, 0.1) is 5.82 Å². The van der Waals surface area contributed by atoms with Gasteiger partial charge in [0.2, 0.25) is 0 Å². The number of hydrogen-bond acceptors (Lipinski definition) is 8. The van der Waals surface area contributed by atoms with Crippen LogP contribution in [0.2, 0.25) is 0 Å². The van der Waals surface area contributed by atoms with E-state index in [2.05, 4.69) is 15.3 Å². The van der Waals surface area contributed by atoms with Gasteiger partial charge in [0.15, 0.2) is 9.84 Å². The summed E-state index contributed by atoms with van der Waals surface area (Å²) in [5.41, 5.74) is 1.41. The van der Waals surface area contributed by atoms with E-state index in [1.165, 1.54) is 32.5 Å². The Bertz CT molecular complexity index is 1210. The van der Waals surface area contributed by atoms with Gasteiger partial charge in [-0.05, 0) is 6.07 Å². The fourth-order valence-electron chi connectivity index (χ4n) is 3.04. The third-order valence-electron chi connectivity index (χ3n) is 4.63. The molecule has 31 heavy (non-hydrogen) atoms. The summed E-state index contributed by atoms with van der Waals surface area (Å²) >= 11 is 0. The van der Waals surface area contributed by atoms with Crippen LogP contribution in [0.1, 0.15) is 6.92 Å². The molecule has 1 N–H and O–H groups in total. The highest BCUT2D eigenvalue weighted by Crippen LogP contribution is 2.38. The zero-order valence-electron chi connectivity index (χ0n) is 17.8. The number of nitrogens with zero attached hydrogens (tertiary/aromatic N) is 3. The van der Waals surface area contributed by atoms with Gasteiger partial charge in [0.1, 0.15) is 34.4 Å². The maximum Gasteiger partial charge on any atom is 0.181 e. The first-order chi connectivity index (χ1) is 14.2. The molecule has 0 fully saturated rings. The van der Waals surface area contributed by atoms with Crippen molar-refractivity contribution in [3.63, 3.8) is 0 Å². The van der Waals surface area contributed by atoms with Gasteiger partial charge in [-0.2, -0.15) is 0 Å². The van der Waals surface area contributed by atoms with Gasteiger partial charge in [-0.25, -0.2) is 22.8 Å². The lowest BCUT2D eigenvalue weighted by Gasteiger charge is -2.21. The van der Waals surface area contributed by atoms with E-state index in [9.17, 15) is 12.8 Å². The van der Waals surface area contributed by atoms with Crippen molar-refractivity contribution in [3.05, 3.63) is 36.4 Å². The third-order valence-corrected chi connectivity index (χ3v) is 6.37. The van der Waals surface area contributed by atoms with Crippen molar-refractivity contribution in [1.29, 1.82) is 0 Å². The fraction of sp³-hybridized carbons (Fsp3) is 0.300. The van der Waals surface area contributed by atoms with Gasteiger partial charge in [-0.15, -0.1) is 12.4 Å².